The Kier molecular flexibility index (Phi) is 3.96. The zero-order chi connectivity index (χ0) is 14.9. The zero-order valence-corrected chi connectivity index (χ0v) is 10.4. The van der Waals surface area contributed by atoms with Crippen molar-refractivity contribution in [1.29, 1.82) is 0 Å². The molecule has 1 saturated heterocycles. The predicted octanol–water partition coefficient (Wildman–Crippen LogP) is 2.07. The summed E-state index contributed by atoms with van der Waals surface area (Å²) in [5, 5.41) is 8.75. The van der Waals surface area contributed by atoms with E-state index in [9.17, 15) is 22.8 Å². The lowest BCUT2D eigenvalue weighted by Gasteiger charge is -2.24. The minimum absolute atomic E-state index is 0.150. The van der Waals surface area contributed by atoms with Crippen LogP contribution < -0.4 is 0 Å². The number of aliphatic carboxylic acids is 1. The van der Waals surface area contributed by atoms with Crippen molar-refractivity contribution < 1.29 is 27.9 Å². The van der Waals surface area contributed by atoms with Crippen molar-refractivity contribution in [3.05, 3.63) is 35.1 Å². The maximum atomic E-state index is 13.6. The number of carbonyl (C=O) groups excluding carboxylic acids is 1. The van der Waals surface area contributed by atoms with Gasteiger partial charge < -0.3 is 10.0 Å². The first-order valence-corrected chi connectivity index (χ1v) is 6.03. The van der Waals surface area contributed by atoms with E-state index in [0.717, 1.165) is 11.0 Å². The third-order valence-electron chi connectivity index (χ3n) is 3.27. The molecule has 1 aliphatic heterocycles. The number of carboxylic acid groups (broad SMARTS) is 1. The van der Waals surface area contributed by atoms with E-state index in [2.05, 4.69) is 0 Å². The number of hydrogen-bond donors (Lipinski definition) is 1. The summed E-state index contributed by atoms with van der Waals surface area (Å²) in [6.07, 6.45) is 0.215. The minimum Gasteiger partial charge on any atom is -0.481 e. The van der Waals surface area contributed by atoms with Gasteiger partial charge in [0.15, 0.2) is 11.6 Å². The summed E-state index contributed by atoms with van der Waals surface area (Å²) in [5.41, 5.74) is -0.298. The summed E-state index contributed by atoms with van der Waals surface area (Å²) in [5.74, 6) is -4.93. The van der Waals surface area contributed by atoms with E-state index < -0.39 is 29.5 Å². The molecule has 108 valence electrons. The van der Waals surface area contributed by atoms with E-state index in [1.165, 1.54) is 0 Å². The summed E-state index contributed by atoms with van der Waals surface area (Å²) >= 11 is 0. The van der Waals surface area contributed by atoms with Crippen LogP contribution in [0.3, 0.4) is 0 Å². The SMILES string of the molecule is O=C(O)C[C@@H]1CCC(=O)N1Cc1cc(F)cc(F)c1F. The van der Waals surface area contributed by atoms with Crippen LogP contribution in [0, 0.1) is 17.5 Å². The Morgan fingerprint density at radius 1 is 1.35 bits per heavy atom. The highest BCUT2D eigenvalue weighted by Gasteiger charge is 2.33. The molecule has 1 amide bonds. The summed E-state index contributed by atoms with van der Waals surface area (Å²) in [4.78, 5) is 23.5. The highest BCUT2D eigenvalue weighted by atomic mass is 19.2. The van der Waals surface area contributed by atoms with Crippen LogP contribution in [0.5, 0.6) is 0 Å². The zero-order valence-electron chi connectivity index (χ0n) is 10.4. The molecule has 0 radical (unpaired) electrons. The van der Waals surface area contributed by atoms with Gasteiger partial charge in [-0.3, -0.25) is 9.59 Å². The van der Waals surface area contributed by atoms with E-state index in [0.29, 0.717) is 12.5 Å². The smallest absolute Gasteiger partial charge is 0.305 e. The molecule has 1 heterocycles. The Balaban J connectivity index is 2.23. The van der Waals surface area contributed by atoms with Gasteiger partial charge in [0.1, 0.15) is 5.82 Å². The topological polar surface area (TPSA) is 57.6 Å². The fourth-order valence-corrected chi connectivity index (χ4v) is 2.33. The van der Waals surface area contributed by atoms with Gasteiger partial charge >= 0.3 is 5.97 Å². The van der Waals surface area contributed by atoms with Crippen LogP contribution in [0.25, 0.3) is 0 Å². The number of amides is 1. The first-order chi connectivity index (χ1) is 9.38. The average Bonchev–Trinajstić information content (AvgIpc) is 2.67. The second kappa shape index (κ2) is 5.52. The molecule has 1 aromatic carbocycles. The number of carboxylic acids is 1. The van der Waals surface area contributed by atoms with Crippen molar-refractivity contribution in [2.24, 2.45) is 0 Å². The molecule has 4 nitrogen and oxygen atoms in total. The molecule has 1 N–H and O–H groups in total. The largest absolute Gasteiger partial charge is 0.481 e. The molecule has 0 unspecified atom stereocenters. The van der Waals surface area contributed by atoms with Crippen molar-refractivity contribution in [2.45, 2.75) is 31.8 Å². The molecule has 0 spiro atoms. The highest BCUT2D eigenvalue weighted by molar-refractivity contribution is 5.80. The lowest BCUT2D eigenvalue weighted by molar-refractivity contribution is -0.139. The van der Waals surface area contributed by atoms with E-state index in [1.807, 2.05) is 0 Å². The molecular formula is C13H12F3NO3. The molecule has 2 rings (SSSR count). The second-order valence-corrected chi connectivity index (χ2v) is 4.67. The Morgan fingerprint density at radius 3 is 2.70 bits per heavy atom. The number of hydrogen-bond acceptors (Lipinski definition) is 2. The van der Waals surface area contributed by atoms with Crippen LogP contribution in [0.2, 0.25) is 0 Å². The summed E-state index contributed by atoms with van der Waals surface area (Å²) < 4.78 is 39.7. The first kappa shape index (κ1) is 14.4. The summed E-state index contributed by atoms with van der Waals surface area (Å²) in [6.45, 7) is -0.336. The van der Waals surface area contributed by atoms with E-state index in [1.54, 1.807) is 0 Å². The molecule has 1 aliphatic rings. The summed E-state index contributed by atoms with van der Waals surface area (Å²) in [6, 6.07) is 0.645. The standard InChI is InChI=1S/C13H12F3NO3/c14-8-3-7(13(16)10(15)4-8)6-17-9(5-12(19)20)1-2-11(17)18/h3-4,9H,1-2,5-6H2,(H,19,20)/t9-/m0/s1. The van der Waals surface area contributed by atoms with Crippen molar-refractivity contribution >= 4 is 11.9 Å². The quantitative estimate of drug-likeness (QED) is 0.862. The van der Waals surface area contributed by atoms with Crippen LogP contribution in [0.1, 0.15) is 24.8 Å². The molecule has 0 saturated carbocycles. The molecular weight excluding hydrogens is 275 g/mol. The van der Waals surface area contributed by atoms with Gasteiger partial charge in [-0.2, -0.15) is 0 Å². The van der Waals surface area contributed by atoms with E-state index >= 15 is 0 Å². The Bertz CT molecular complexity index is 562. The number of nitrogens with zero attached hydrogens (tertiary/aromatic N) is 1. The molecule has 1 atom stereocenters. The minimum atomic E-state index is -1.33. The third-order valence-corrected chi connectivity index (χ3v) is 3.27. The Morgan fingerprint density at radius 2 is 2.05 bits per heavy atom. The van der Waals surface area contributed by atoms with Crippen molar-refractivity contribution in [3.8, 4) is 0 Å². The van der Waals surface area contributed by atoms with Crippen LogP contribution in [-0.4, -0.2) is 27.9 Å². The number of rotatable bonds is 4. The normalized spacial score (nSPS) is 18.6. The first-order valence-electron chi connectivity index (χ1n) is 6.03. The lowest BCUT2D eigenvalue weighted by atomic mass is 10.1. The van der Waals surface area contributed by atoms with Gasteiger partial charge in [0.2, 0.25) is 5.91 Å². The fourth-order valence-electron chi connectivity index (χ4n) is 2.33. The van der Waals surface area contributed by atoms with E-state index in [-0.39, 0.29) is 30.9 Å². The van der Waals surface area contributed by atoms with Gasteiger partial charge in [-0.25, -0.2) is 13.2 Å². The average molecular weight is 287 g/mol. The molecule has 0 aromatic heterocycles. The monoisotopic (exact) mass is 287 g/mol. The van der Waals surface area contributed by atoms with Crippen molar-refractivity contribution in [2.75, 3.05) is 0 Å². The highest BCUT2D eigenvalue weighted by Crippen LogP contribution is 2.25. The molecule has 0 aliphatic carbocycles. The van der Waals surface area contributed by atoms with E-state index in [4.69, 9.17) is 5.11 Å². The number of halogens is 3. The predicted molar refractivity (Wildman–Crippen MR) is 62.1 cm³/mol. The maximum absolute atomic E-state index is 13.6. The van der Waals surface area contributed by atoms with Gasteiger partial charge in [0.05, 0.1) is 6.42 Å². The van der Waals surface area contributed by atoms with Crippen LogP contribution in [0.15, 0.2) is 12.1 Å². The van der Waals surface area contributed by atoms with Gasteiger partial charge in [0, 0.05) is 30.6 Å². The van der Waals surface area contributed by atoms with Crippen LogP contribution in [0.4, 0.5) is 13.2 Å². The third kappa shape index (κ3) is 2.92. The number of likely N-dealkylation sites (tertiary alicyclic amines) is 1. The van der Waals surface area contributed by atoms with Crippen molar-refractivity contribution in [1.82, 2.24) is 4.90 Å². The van der Waals surface area contributed by atoms with Crippen LogP contribution in [-0.2, 0) is 16.1 Å². The lowest BCUT2D eigenvalue weighted by Crippen LogP contribution is -2.34. The molecule has 7 heteroatoms. The van der Waals surface area contributed by atoms with Gasteiger partial charge in [-0.15, -0.1) is 0 Å². The Labute approximate surface area is 112 Å². The summed E-state index contributed by atoms with van der Waals surface area (Å²) in [7, 11) is 0. The van der Waals surface area contributed by atoms with Crippen LogP contribution >= 0.6 is 0 Å². The van der Waals surface area contributed by atoms with Gasteiger partial charge in [-0.1, -0.05) is 0 Å². The van der Waals surface area contributed by atoms with Gasteiger partial charge in [0.25, 0.3) is 0 Å². The molecule has 1 fully saturated rings. The maximum Gasteiger partial charge on any atom is 0.305 e. The molecule has 0 bridgehead atoms. The second-order valence-electron chi connectivity index (χ2n) is 4.67. The van der Waals surface area contributed by atoms with Crippen molar-refractivity contribution in [3.63, 3.8) is 0 Å². The Hall–Kier alpha value is -2.05. The fraction of sp³-hybridized carbons (Fsp3) is 0.385. The van der Waals surface area contributed by atoms with Gasteiger partial charge in [-0.05, 0) is 12.5 Å². The molecule has 20 heavy (non-hydrogen) atoms. The number of carbonyl (C=O) groups is 2. The molecule has 1 aromatic rings. The number of benzene rings is 1.